The van der Waals surface area contributed by atoms with E-state index in [9.17, 15) is 4.79 Å². The predicted octanol–water partition coefficient (Wildman–Crippen LogP) is 2.40. The summed E-state index contributed by atoms with van der Waals surface area (Å²) in [6.07, 6.45) is 0. The van der Waals surface area contributed by atoms with Gasteiger partial charge in [0.1, 0.15) is 6.61 Å². The summed E-state index contributed by atoms with van der Waals surface area (Å²) in [7, 11) is 0. The molecule has 1 unspecified atom stereocenters. The van der Waals surface area contributed by atoms with Gasteiger partial charge in [0.15, 0.2) is 0 Å². The average molecular weight is 284 g/mol. The van der Waals surface area contributed by atoms with Gasteiger partial charge in [-0.25, -0.2) is 0 Å². The highest BCUT2D eigenvalue weighted by Crippen LogP contribution is 2.25. The van der Waals surface area contributed by atoms with E-state index in [1.165, 1.54) is 5.56 Å². The van der Waals surface area contributed by atoms with Crippen molar-refractivity contribution in [1.29, 1.82) is 0 Å². The van der Waals surface area contributed by atoms with Crippen LogP contribution in [0.1, 0.15) is 28.3 Å². The molecule has 0 heterocycles. The highest BCUT2D eigenvalue weighted by atomic mass is 16.6. The third kappa shape index (κ3) is 4.15. The van der Waals surface area contributed by atoms with E-state index < -0.39 is 5.91 Å². The average Bonchev–Trinajstić information content (AvgIpc) is 2.47. The maximum absolute atomic E-state index is 10.8. The number of benzene rings is 2. The first-order valence-corrected chi connectivity index (χ1v) is 6.85. The number of hydrogen-bond acceptors (Lipinski definition) is 3. The molecule has 0 saturated heterocycles. The van der Waals surface area contributed by atoms with Gasteiger partial charge in [-0.1, -0.05) is 54.1 Å². The first-order valence-electron chi connectivity index (χ1n) is 6.85. The van der Waals surface area contributed by atoms with Crippen LogP contribution in [0.3, 0.4) is 0 Å². The summed E-state index contributed by atoms with van der Waals surface area (Å²) in [6, 6.07) is 16.1. The molecule has 0 fully saturated rings. The second kappa shape index (κ2) is 7.02. The lowest BCUT2D eigenvalue weighted by Crippen LogP contribution is -2.29. The lowest BCUT2D eigenvalue weighted by molar-refractivity contribution is -0.125. The van der Waals surface area contributed by atoms with Crippen molar-refractivity contribution in [3.63, 3.8) is 0 Å². The molecule has 2 aromatic carbocycles. The SMILES string of the molecule is Cc1ccc(C)c(C(NOCC(N)=O)c2ccccc2)c1. The van der Waals surface area contributed by atoms with Crippen LogP contribution in [-0.2, 0) is 9.63 Å². The molecule has 1 amide bonds. The van der Waals surface area contributed by atoms with E-state index in [4.69, 9.17) is 10.6 Å². The van der Waals surface area contributed by atoms with E-state index >= 15 is 0 Å². The third-order valence-electron chi connectivity index (χ3n) is 3.29. The number of nitrogens with two attached hydrogens (primary N) is 1. The number of hydrogen-bond donors (Lipinski definition) is 2. The zero-order valence-corrected chi connectivity index (χ0v) is 12.3. The molecule has 0 aliphatic carbocycles. The van der Waals surface area contributed by atoms with Crippen molar-refractivity contribution in [3.8, 4) is 0 Å². The minimum atomic E-state index is -0.504. The maximum Gasteiger partial charge on any atom is 0.245 e. The number of amides is 1. The fourth-order valence-corrected chi connectivity index (χ4v) is 2.22. The summed E-state index contributed by atoms with van der Waals surface area (Å²) in [5, 5.41) is 0. The molecule has 0 aliphatic rings. The highest BCUT2D eigenvalue weighted by Gasteiger charge is 2.16. The minimum Gasteiger partial charge on any atom is -0.368 e. The van der Waals surface area contributed by atoms with Crippen LogP contribution in [-0.4, -0.2) is 12.5 Å². The molecule has 0 saturated carbocycles. The van der Waals surface area contributed by atoms with Gasteiger partial charge in [-0.05, 0) is 30.5 Å². The molecule has 2 rings (SSSR count). The summed E-state index contributed by atoms with van der Waals surface area (Å²) >= 11 is 0. The van der Waals surface area contributed by atoms with Crippen LogP contribution in [0.2, 0.25) is 0 Å². The fourth-order valence-electron chi connectivity index (χ4n) is 2.22. The van der Waals surface area contributed by atoms with Gasteiger partial charge in [0, 0.05) is 0 Å². The van der Waals surface area contributed by atoms with Crippen LogP contribution in [0.4, 0.5) is 0 Å². The molecular weight excluding hydrogens is 264 g/mol. The van der Waals surface area contributed by atoms with Crippen LogP contribution >= 0.6 is 0 Å². The molecule has 0 aromatic heterocycles. The Hall–Kier alpha value is -2.17. The van der Waals surface area contributed by atoms with Gasteiger partial charge < -0.3 is 5.73 Å². The third-order valence-corrected chi connectivity index (χ3v) is 3.29. The van der Waals surface area contributed by atoms with Gasteiger partial charge in [-0.2, -0.15) is 5.48 Å². The van der Waals surface area contributed by atoms with E-state index in [0.29, 0.717) is 0 Å². The van der Waals surface area contributed by atoms with Crippen molar-refractivity contribution < 1.29 is 9.63 Å². The van der Waals surface area contributed by atoms with Gasteiger partial charge in [0.05, 0.1) is 6.04 Å². The Kier molecular flexibility index (Phi) is 5.09. The van der Waals surface area contributed by atoms with Crippen LogP contribution in [0.25, 0.3) is 0 Å². The Balaban J connectivity index is 2.31. The van der Waals surface area contributed by atoms with Gasteiger partial charge in [-0.15, -0.1) is 0 Å². The Bertz CT molecular complexity index is 611. The Labute approximate surface area is 124 Å². The smallest absolute Gasteiger partial charge is 0.245 e. The van der Waals surface area contributed by atoms with Gasteiger partial charge in [-0.3, -0.25) is 9.63 Å². The summed E-state index contributed by atoms with van der Waals surface area (Å²) in [4.78, 5) is 16.1. The predicted molar refractivity (Wildman–Crippen MR) is 82.5 cm³/mol. The van der Waals surface area contributed by atoms with Crippen molar-refractivity contribution in [2.75, 3.05) is 6.61 Å². The topological polar surface area (TPSA) is 64.3 Å². The normalized spacial score (nSPS) is 12.1. The second-order valence-corrected chi connectivity index (χ2v) is 5.08. The Morgan fingerprint density at radius 1 is 1.19 bits per heavy atom. The Morgan fingerprint density at radius 3 is 2.57 bits per heavy atom. The molecule has 110 valence electrons. The number of nitrogens with one attached hydrogen (secondary N) is 1. The van der Waals surface area contributed by atoms with Crippen molar-refractivity contribution >= 4 is 5.91 Å². The van der Waals surface area contributed by atoms with Crippen molar-refractivity contribution in [2.24, 2.45) is 5.73 Å². The molecule has 0 aliphatic heterocycles. The van der Waals surface area contributed by atoms with Crippen LogP contribution in [0, 0.1) is 13.8 Å². The number of aryl methyl sites for hydroxylation is 2. The molecule has 1 atom stereocenters. The van der Waals surface area contributed by atoms with Crippen molar-refractivity contribution in [1.82, 2.24) is 5.48 Å². The van der Waals surface area contributed by atoms with Crippen molar-refractivity contribution in [3.05, 3.63) is 70.8 Å². The largest absolute Gasteiger partial charge is 0.368 e. The molecule has 4 nitrogen and oxygen atoms in total. The standard InChI is InChI=1S/C17H20N2O2/c1-12-8-9-13(2)15(10-12)17(19-21-11-16(18)20)14-6-4-3-5-7-14/h3-10,17,19H,11H2,1-2H3,(H2,18,20). The number of hydroxylamine groups is 1. The number of rotatable bonds is 6. The van der Waals surface area contributed by atoms with E-state index in [-0.39, 0.29) is 12.6 Å². The van der Waals surface area contributed by atoms with Gasteiger partial charge in [0.2, 0.25) is 5.91 Å². The number of carbonyl (C=O) groups is 1. The fraction of sp³-hybridized carbons (Fsp3) is 0.235. The quantitative estimate of drug-likeness (QED) is 0.801. The number of carbonyl (C=O) groups excluding carboxylic acids is 1. The lowest BCUT2D eigenvalue weighted by Gasteiger charge is -2.21. The molecular formula is C17H20N2O2. The summed E-state index contributed by atoms with van der Waals surface area (Å²) in [6.45, 7) is 3.95. The summed E-state index contributed by atoms with van der Waals surface area (Å²) in [5.41, 5.74) is 12.6. The van der Waals surface area contributed by atoms with Crippen LogP contribution < -0.4 is 11.2 Å². The molecule has 0 bridgehead atoms. The number of primary amides is 1. The van der Waals surface area contributed by atoms with E-state index in [1.807, 2.05) is 30.3 Å². The molecule has 2 aromatic rings. The molecule has 0 spiro atoms. The van der Waals surface area contributed by atoms with Gasteiger partial charge >= 0.3 is 0 Å². The molecule has 0 radical (unpaired) electrons. The Morgan fingerprint density at radius 2 is 1.90 bits per heavy atom. The van der Waals surface area contributed by atoms with Crippen molar-refractivity contribution in [2.45, 2.75) is 19.9 Å². The monoisotopic (exact) mass is 284 g/mol. The lowest BCUT2D eigenvalue weighted by atomic mass is 9.94. The van der Waals surface area contributed by atoms with Crippen LogP contribution in [0.15, 0.2) is 48.5 Å². The zero-order valence-electron chi connectivity index (χ0n) is 12.3. The zero-order chi connectivity index (χ0) is 15.2. The minimum absolute atomic E-state index is 0.148. The van der Waals surface area contributed by atoms with Gasteiger partial charge in [0.25, 0.3) is 0 Å². The first-order chi connectivity index (χ1) is 10.1. The second-order valence-electron chi connectivity index (χ2n) is 5.08. The molecule has 4 heteroatoms. The summed E-state index contributed by atoms with van der Waals surface area (Å²) < 4.78 is 0. The molecule has 21 heavy (non-hydrogen) atoms. The summed E-state index contributed by atoms with van der Waals surface area (Å²) in [5.74, 6) is -0.504. The van der Waals surface area contributed by atoms with Crippen LogP contribution in [0.5, 0.6) is 0 Å². The van der Waals surface area contributed by atoms with E-state index in [1.54, 1.807) is 0 Å². The molecule has 3 N–H and O–H groups in total. The van der Waals surface area contributed by atoms with E-state index in [2.05, 4.69) is 37.5 Å². The van der Waals surface area contributed by atoms with E-state index in [0.717, 1.165) is 16.7 Å². The highest BCUT2D eigenvalue weighted by molar-refractivity contribution is 5.74. The first kappa shape index (κ1) is 15.2. The maximum atomic E-state index is 10.8.